The van der Waals surface area contributed by atoms with Crippen molar-refractivity contribution in [3.63, 3.8) is 0 Å². The fourth-order valence-corrected chi connectivity index (χ4v) is 3.31. The Labute approximate surface area is 152 Å². The third-order valence-corrected chi connectivity index (χ3v) is 4.62. The highest BCUT2D eigenvalue weighted by atomic mass is 32.1. The van der Waals surface area contributed by atoms with E-state index < -0.39 is 23.6 Å². The number of hydrogen-bond donors (Lipinski definition) is 1. The van der Waals surface area contributed by atoms with Crippen molar-refractivity contribution in [3.8, 4) is 0 Å². The summed E-state index contributed by atoms with van der Waals surface area (Å²) in [4.78, 5) is 41.4. The Kier molecular flexibility index (Phi) is 5.27. The largest absolute Gasteiger partial charge is 0.461 e. The number of ether oxygens (including phenoxy) is 1. The molecule has 2 amide bonds. The predicted octanol–water partition coefficient (Wildman–Crippen LogP) is 2.45. The molecule has 2 heterocycles. The van der Waals surface area contributed by atoms with Crippen molar-refractivity contribution in [1.82, 2.24) is 4.98 Å². The number of rotatable bonds is 5. The lowest BCUT2D eigenvalue weighted by molar-refractivity contribution is -0.122. The Morgan fingerprint density at radius 1 is 1.42 bits per heavy atom. The van der Waals surface area contributed by atoms with Crippen molar-refractivity contribution in [2.24, 2.45) is 5.92 Å². The van der Waals surface area contributed by atoms with Crippen molar-refractivity contribution in [1.29, 1.82) is 0 Å². The van der Waals surface area contributed by atoms with Gasteiger partial charge in [0.25, 0.3) is 0 Å². The van der Waals surface area contributed by atoms with Crippen LogP contribution in [0, 0.1) is 11.7 Å². The Morgan fingerprint density at radius 3 is 2.92 bits per heavy atom. The molecule has 0 spiro atoms. The van der Waals surface area contributed by atoms with Crippen LogP contribution in [0.25, 0.3) is 0 Å². The zero-order valence-electron chi connectivity index (χ0n) is 13.9. The van der Waals surface area contributed by atoms with Crippen LogP contribution >= 0.6 is 11.3 Å². The number of halogens is 1. The molecule has 0 saturated carbocycles. The van der Waals surface area contributed by atoms with Crippen LogP contribution in [0.15, 0.2) is 29.6 Å². The van der Waals surface area contributed by atoms with Gasteiger partial charge >= 0.3 is 5.97 Å². The lowest BCUT2D eigenvalue weighted by Gasteiger charge is -2.17. The molecule has 26 heavy (non-hydrogen) atoms. The lowest BCUT2D eigenvalue weighted by atomic mass is 10.1. The normalized spacial score (nSPS) is 16.6. The van der Waals surface area contributed by atoms with Gasteiger partial charge in [-0.25, -0.2) is 14.2 Å². The van der Waals surface area contributed by atoms with Gasteiger partial charge in [0.2, 0.25) is 11.8 Å². The maximum Gasteiger partial charge on any atom is 0.357 e. The first-order valence-electron chi connectivity index (χ1n) is 7.98. The number of aromatic nitrogens is 1. The molecule has 0 radical (unpaired) electrons. The molecular formula is C17H16FN3O4S. The summed E-state index contributed by atoms with van der Waals surface area (Å²) in [6, 6.07) is 5.93. The minimum atomic E-state index is -0.628. The van der Waals surface area contributed by atoms with E-state index in [0.717, 1.165) is 11.3 Å². The highest BCUT2D eigenvalue weighted by molar-refractivity contribution is 7.14. The van der Waals surface area contributed by atoms with E-state index >= 15 is 0 Å². The van der Waals surface area contributed by atoms with Crippen molar-refractivity contribution in [3.05, 3.63) is 41.2 Å². The summed E-state index contributed by atoms with van der Waals surface area (Å²) in [7, 11) is 0. The van der Waals surface area contributed by atoms with Gasteiger partial charge in [0.1, 0.15) is 5.82 Å². The third-order valence-electron chi connectivity index (χ3n) is 3.86. The maximum atomic E-state index is 13.9. The molecular weight excluding hydrogens is 361 g/mol. The van der Waals surface area contributed by atoms with Gasteiger partial charge in [-0.05, 0) is 19.1 Å². The zero-order valence-corrected chi connectivity index (χ0v) is 14.7. The number of benzene rings is 1. The second-order valence-corrected chi connectivity index (χ2v) is 6.46. The van der Waals surface area contributed by atoms with E-state index in [2.05, 4.69) is 10.3 Å². The van der Waals surface area contributed by atoms with Gasteiger partial charge in [-0.2, -0.15) is 0 Å². The fraction of sp³-hybridized carbons (Fsp3) is 0.294. The van der Waals surface area contributed by atoms with E-state index in [0.29, 0.717) is 0 Å². The number of nitrogens with one attached hydrogen (secondary N) is 1. The average Bonchev–Trinajstić information content (AvgIpc) is 3.22. The van der Waals surface area contributed by atoms with E-state index in [4.69, 9.17) is 4.74 Å². The molecule has 1 saturated heterocycles. The monoisotopic (exact) mass is 377 g/mol. The van der Waals surface area contributed by atoms with E-state index in [9.17, 15) is 18.8 Å². The quantitative estimate of drug-likeness (QED) is 0.809. The van der Waals surface area contributed by atoms with Crippen molar-refractivity contribution >= 4 is 39.9 Å². The standard InChI is InChI=1S/C17H16FN3O4S/c1-2-25-16(24)12-9-26-17(19-12)20-15(23)10-7-14(22)21(8-10)13-6-4-3-5-11(13)18/h3-6,9-10H,2,7-8H2,1H3,(H,19,20,23). The molecule has 7 nitrogen and oxygen atoms in total. The molecule has 0 aliphatic carbocycles. The molecule has 1 aliphatic heterocycles. The molecule has 9 heteroatoms. The van der Waals surface area contributed by atoms with Crippen molar-refractivity contribution < 1.29 is 23.5 Å². The van der Waals surface area contributed by atoms with Crippen LogP contribution in [0.1, 0.15) is 23.8 Å². The first kappa shape index (κ1) is 18.0. The predicted molar refractivity (Wildman–Crippen MR) is 93.6 cm³/mol. The fourth-order valence-electron chi connectivity index (χ4n) is 2.62. The number of nitrogens with zero attached hydrogens (tertiary/aromatic N) is 2. The number of hydrogen-bond acceptors (Lipinski definition) is 6. The summed E-state index contributed by atoms with van der Waals surface area (Å²) in [5, 5.41) is 4.33. The lowest BCUT2D eigenvalue weighted by Crippen LogP contribution is -2.28. The summed E-state index contributed by atoms with van der Waals surface area (Å²) in [6.07, 6.45) is -0.0176. The van der Waals surface area contributed by atoms with Crippen LogP contribution < -0.4 is 10.2 Å². The van der Waals surface area contributed by atoms with Crippen molar-refractivity contribution in [2.75, 3.05) is 23.4 Å². The third kappa shape index (κ3) is 3.72. The number of amides is 2. The molecule has 1 aliphatic rings. The number of carbonyl (C=O) groups is 3. The molecule has 3 rings (SSSR count). The first-order valence-corrected chi connectivity index (χ1v) is 8.86. The SMILES string of the molecule is CCOC(=O)c1csc(NC(=O)C2CC(=O)N(c3ccccc3F)C2)n1. The van der Waals surface area contributed by atoms with E-state index in [-0.39, 0.29) is 42.0 Å². The average molecular weight is 377 g/mol. The molecule has 1 fully saturated rings. The molecule has 1 unspecified atom stereocenters. The summed E-state index contributed by atoms with van der Waals surface area (Å²) in [5.41, 5.74) is 0.272. The summed E-state index contributed by atoms with van der Waals surface area (Å²) < 4.78 is 18.7. The van der Waals surface area contributed by atoms with E-state index in [1.165, 1.54) is 28.5 Å². The molecule has 0 bridgehead atoms. The summed E-state index contributed by atoms with van der Waals surface area (Å²) >= 11 is 1.09. The molecule has 2 aromatic rings. The number of carbonyl (C=O) groups excluding carboxylic acids is 3. The van der Waals surface area contributed by atoms with Gasteiger partial charge < -0.3 is 15.0 Å². The van der Waals surface area contributed by atoms with Gasteiger partial charge in [-0.3, -0.25) is 9.59 Å². The van der Waals surface area contributed by atoms with Crippen LogP contribution in [-0.4, -0.2) is 35.9 Å². The second kappa shape index (κ2) is 7.61. The molecule has 1 N–H and O–H groups in total. The highest BCUT2D eigenvalue weighted by Gasteiger charge is 2.36. The van der Waals surface area contributed by atoms with Crippen LogP contribution in [0.3, 0.4) is 0 Å². The summed E-state index contributed by atoms with van der Waals surface area (Å²) in [5.74, 6) is -2.42. The second-order valence-electron chi connectivity index (χ2n) is 5.60. The number of thiazole rings is 1. The van der Waals surface area contributed by atoms with Gasteiger partial charge in [0, 0.05) is 18.3 Å². The minimum Gasteiger partial charge on any atom is -0.461 e. The van der Waals surface area contributed by atoms with E-state index in [1.807, 2.05) is 0 Å². The van der Waals surface area contributed by atoms with Crippen LogP contribution in [0.2, 0.25) is 0 Å². The van der Waals surface area contributed by atoms with Crippen LogP contribution in [0.5, 0.6) is 0 Å². The number of esters is 1. The number of para-hydroxylation sites is 1. The first-order chi connectivity index (χ1) is 12.5. The van der Waals surface area contributed by atoms with Gasteiger partial charge in [0.05, 0.1) is 18.2 Å². The number of anilines is 2. The highest BCUT2D eigenvalue weighted by Crippen LogP contribution is 2.28. The molecule has 1 aromatic carbocycles. The van der Waals surface area contributed by atoms with Gasteiger partial charge in [-0.1, -0.05) is 12.1 Å². The maximum absolute atomic E-state index is 13.9. The van der Waals surface area contributed by atoms with Crippen LogP contribution in [-0.2, 0) is 14.3 Å². The van der Waals surface area contributed by atoms with E-state index in [1.54, 1.807) is 13.0 Å². The van der Waals surface area contributed by atoms with Gasteiger partial charge in [0.15, 0.2) is 10.8 Å². The molecule has 1 atom stereocenters. The van der Waals surface area contributed by atoms with Crippen LogP contribution in [0.4, 0.5) is 15.2 Å². The topological polar surface area (TPSA) is 88.6 Å². The summed E-state index contributed by atoms with van der Waals surface area (Å²) in [6.45, 7) is 2.00. The molecule has 1 aromatic heterocycles. The Balaban J connectivity index is 1.65. The Bertz CT molecular complexity index is 854. The minimum absolute atomic E-state index is 0.0176. The zero-order chi connectivity index (χ0) is 18.7. The Morgan fingerprint density at radius 2 is 2.19 bits per heavy atom. The molecule has 136 valence electrons. The van der Waals surface area contributed by atoms with Crippen molar-refractivity contribution in [2.45, 2.75) is 13.3 Å². The Hall–Kier alpha value is -2.81. The van der Waals surface area contributed by atoms with Gasteiger partial charge in [-0.15, -0.1) is 11.3 Å². The smallest absolute Gasteiger partial charge is 0.357 e.